The summed E-state index contributed by atoms with van der Waals surface area (Å²) in [5.74, 6) is 0.578. The summed E-state index contributed by atoms with van der Waals surface area (Å²) in [6.45, 7) is 1.57. The van der Waals surface area contributed by atoms with E-state index in [1.807, 2.05) is 0 Å². The van der Waals surface area contributed by atoms with Crippen molar-refractivity contribution >= 4 is 15.9 Å². The third kappa shape index (κ3) is 1.58. The highest BCUT2D eigenvalue weighted by atomic mass is 79.9. The van der Waals surface area contributed by atoms with Crippen LogP contribution in [0.4, 0.5) is 0 Å². The van der Waals surface area contributed by atoms with Gasteiger partial charge < -0.3 is 14.0 Å². The van der Waals surface area contributed by atoms with Crippen LogP contribution in [-0.2, 0) is 0 Å². The van der Waals surface area contributed by atoms with Gasteiger partial charge in [-0.3, -0.25) is 0 Å². The standard InChI is InChI=1S/C8H7BrN2O3/c1-4(12)7-10-8(14-11-7)5-2-3-13-6(5)9/h2-4,12H,1H3. The Kier molecular flexibility index (Phi) is 2.39. The van der Waals surface area contributed by atoms with Crippen LogP contribution in [0.3, 0.4) is 0 Å². The highest BCUT2D eigenvalue weighted by Crippen LogP contribution is 2.28. The minimum absolute atomic E-state index is 0.258. The van der Waals surface area contributed by atoms with Gasteiger partial charge in [0.1, 0.15) is 6.10 Å². The van der Waals surface area contributed by atoms with Crippen molar-refractivity contribution in [1.82, 2.24) is 10.1 Å². The van der Waals surface area contributed by atoms with Gasteiger partial charge >= 0.3 is 0 Å². The van der Waals surface area contributed by atoms with Crippen LogP contribution in [0.1, 0.15) is 18.9 Å². The van der Waals surface area contributed by atoms with E-state index in [-0.39, 0.29) is 5.82 Å². The lowest BCUT2D eigenvalue weighted by atomic mass is 10.3. The highest BCUT2D eigenvalue weighted by Gasteiger charge is 2.15. The molecule has 74 valence electrons. The lowest BCUT2D eigenvalue weighted by molar-refractivity contribution is 0.184. The number of aromatic nitrogens is 2. The molecule has 0 amide bonds. The molecule has 0 saturated heterocycles. The average Bonchev–Trinajstić information content (AvgIpc) is 2.71. The number of hydrogen-bond donors (Lipinski definition) is 1. The zero-order chi connectivity index (χ0) is 10.1. The first-order chi connectivity index (χ1) is 6.68. The van der Waals surface area contributed by atoms with Crippen molar-refractivity contribution in [3.8, 4) is 11.5 Å². The largest absolute Gasteiger partial charge is 0.457 e. The van der Waals surface area contributed by atoms with Crippen LogP contribution in [-0.4, -0.2) is 15.2 Å². The summed E-state index contributed by atoms with van der Waals surface area (Å²) in [6, 6.07) is 1.70. The fourth-order valence-corrected chi connectivity index (χ4v) is 1.37. The molecule has 0 bridgehead atoms. The molecule has 5 nitrogen and oxygen atoms in total. The fourth-order valence-electron chi connectivity index (χ4n) is 0.960. The lowest BCUT2D eigenvalue weighted by Gasteiger charge is -1.91. The fraction of sp³-hybridized carbons (Fsp3) is 0.250. The van der Waals surface area contributed by atoms with Crippen molar-refractivity contribution in [3.63, 3.8) is 0 Å². The molecule has 2 heterocycles. The first kappa shape index (κ1) is 9.42. The second-order valence-corrected chi connectivity index (χ2v) is 3.46. The summed E-state index contributed by atoms with van der Waals surface area (Å²) in [5.41, 5.74) is 0.671. The summed E-state index contributed by atoms with van der Waals surface area (Å²) < 4.78 is 10.5. The molecule has 0 aliphatic carbocycles. The van der Waals surface area contributed by atoms with E-state index < -0.39 is 6.10 Å². The topological polar surface area (TPSA) is 72.3 Å². The van der Waals surface area contributed by atoms with Crippen molar-refractivity contribution in [2.75, 3.05) is 0 Å². The summed E-state index contributed by atoms with van der Waals surface area (Å²) in [6.07, 6.45) is 0.768. The molecule has 2 aromatic heterocycles. The quantitative estimate of drug-likeness (QED) is 0.894. The first-order valence-electron chi connectivity index (χ1n) is 3.93. The van der Waals surface area contributed by atoms with Crippen LogP contribution in [0.5, 0.6) is 0 Å². The first-order valence-corrected chi connectivity index (χ1v) is 4.73. The molecule has 0 fully saturated rings. The molecular formula is C8H7BrN2O3. The Hall–Kier alpha value is -1.14. The van der Waals surface area contributed by atoms with E-state index in [1.54, 1.807) is 13.0 Å². The van der Waals surface area contributed by atoms with Gasteiger partial charge in [-0.1, -0.05) is 5.16 Å². The predicted octanol–water partition coefficient (Wildman–Crippen LogP) is 2.15. The third-order valence-corrected chi connectivity index (χ3v) is 2.28. The Bertz CT molecular complexity index is 435. The molecule has 0 aromatic carbocycles. The summed E-state index contributed by atoms with van der Waals surface area (Å²) >= 11 is 3.19. The molecule has 1 N–H and O–H groups in total. The van der Waals surface area contributed by atoms with E-state index in [2.05, 4.69) is 26.1 Å². The van der Waals surface area contributed by atoms with Gasteiger partial charge in [0.25, 0.3) is 5.89 Å². The number of rotatable bonds is 2. The molecular weight excluding hydrogens is 252 g/mol. The number of aliphatic hydroxyl groups excluding tert-OH is 1. The minimum Gasteiger partial charge on any atom is -0.457 e. The molecule has 0 radical (unpaired) electrons. The van der Waals surface area contributed by atoms with E-state index in [1.165, 1.54) is 6.26 Å². The van der Waals surface area contributed by atoms with Crippen molar-refractivity contribution in [2.45, 2.75) is 13.0 Å². The second kappa shape index (κ2) is 3.55. The van der Waals surface area contributed by atoms with Crippen molar-refractivity contribution in [2.24, 2.45) is 0 Å². The van der Waals surface area contributed by atoms with Gasteiger partial charge in [0.05, 0.1) is 11.8 Å². The van der Waals surface area contributed by atoms with E-state index in [0.717, 1.165) is 0 Å². The maximum atomic E-state index is 9.18. The van der Waals surface area contributed by atoms with Gasteiger partial charge in [-0.2, -0.15) is 4.98 Å². The molecule has 0 aliphatic rings. The minimum atomic E-state index is -0.738. The number of furan rings is 1. The Morgan fingerprint density at radius 3 is 2.86 bits per heavy atom. The van der Waals surface area contributed by atoms with Crippen LogP contribution < -0.4 is 0 Å². The Balaban J connectivity index is 2.39. The van der Waals surface area contributed by atoms with Crippen LogP contribution in [0, 0.1) is 0 Å². The van der Waals surface area contributed by atoms with Gasteiger partial charge in [-0.05, 0) is 28.9 Å². The highest BCUT2D eigenvalue weighted by molar-refractivity contribution is 9.10. The molecule has 0 aliphatic heterocycles. The van der Waals surface area contributed by atoms with Crippen molar-refractivity contribution in [3.05, 3.63) is 22.8 Å². The molecule has 0 saturated carbocycles. The molecule has 2 rings (SSSR count). The normalized spacial score (nSPS) is 13.1. The third-order valence-electron chi connectivity index (χ3n) is 1.66. The van der Waals surface area contributed by atoms with E-state index >= 15 is 0 Å². The van der Waals surface area contributed by atoms with Crippen molar-refractivity contribution < 1.29 is 14.0 Å². The van der Waals surface area contributed by atoms with E-state index in [4.69, 9.17) is 8.94 Å². The molecule has 14 heavy (non-hydrogen) atoms. The summed E-state index contributed by atoms with van der Waals surface area (Å²) in [5, 5.41) is 12.8. The zero-order valence-corrected chi connectivity index (χ0v) is 8.85. The number of aliphatic hydroxyl groups is 1. The average molecular weight is 259 g/mol. The van der Waals surface area contributed by atoms with E-state index in [9.17, 15) is 5.11 Å². The van der Waals surface area contributed by atoms with Crippen LogP contribution >= 0.6 is 15.9 Å². The predicted molar refractivity (Wildman–Crippen MR) is 50.3 cm³/mol. The summed E-state index contributed by atoms with van der Waals surface area (Å²) in [7, 11) is 0. The molecule has 0 spiro atoms. The van der Waals surface area contributed by atoms with Crippen LogP contribution in [0.25, 0.3) is 11.5 Å². The van der Waals surface area contributed by atoms with Gasteiger partial charge in [-0.15, -0.1) is 0 Å². The number of hydrogen-bond acceptors (Lipinski definition) is 5. The smallest absolute Gasteiger partial charge is 0.262 e. The van der Waals surface area contributed by atoms with Gasteiger partial charge in [-0.25, -0.2) is 0 Å². The SMILES string of the molecule is CC(O)c1noc(-c2ccoc2Br)n1. The Morgan fingerprint density at radius 2 is 2.36 bits per heavy atom. The maximum Gasteiger partial charge on any atom is 0.262 e. The van der Waals surface area contributed by atoms with Crippen molar-refractivity contribution in [1.29, 1.82) is 0 Å². The Labute approximate surface area is 87.9 Å². The van der Waals surface area contributed by atoms with Crippen LogP contribution in [0.2, 0.25) is 0 Å². The van der Waals surface area contributed by atoms with E-state index in [0.29, 0.717) is 16.1 Å². The lowest BCUT2D eigenvalue weighted by Crippen LogP contribution is -1.92. The van der Waals surface area contributed by atoms with Gasteiger partial charge in [0.15, 0.2) is 10.5 Å². The molecule has 1 unspecified atom stereocenters. The monoisotopic (exact) mass is 258 g/mol. The summed E-state index contributed by atoms with van der Waals surface area (Å²) in [4.78, 5) is 4.00. The zero-order valence-electron chi connectivity index (χ0n) is 7.27. The molecule has 2 aromatic rings. The number of nitrogens with zero attached hydrogens (tertiary/aromatic N) is 2. The van der Waals surface area contributed by atoms with Gasteiger partial charge in [0, 0.05) is 0 Å². The number of halogens is 1. The van der Waals surface area contributed by atoms with Crippen LogP contribution in [0.15, 0.2) is 25.9 Å². The maximum absolute atomic E-state index is 9.18. The molecule has 1 atom stereocenters. The Morgan fingerprint density at radius 1 is 1.57 bits per heavy atom. The second-order valence-electron chi connectivity index (χ2n) is 2.74. The van der Waals surface area contributed by atoms with Gasteiger partial charge in [0.2, 0.25) is 0 Å². The molecule has 6 heteroatoms.